The Bertz CT molecular complexity index is 449. The summed E-state index contributed by atoms with van der Waals surface area (Å²) >= 11 is 0. The largest absolute Gasteiger partial charge is 0.361 e. The fourth-order valence-electron chi connectivity index (χ4n) is 1.42. The van der Waals surface area contributed by atoms with E-state index in [4.69, 9.17) is 10.7 Å². The van der Waals surface area contributed by atoms with Crippen LogP contribution in [0.2, 0.25) is 0 Å². The van der Waals surface area contributed by atoms with Gasteiger partial charge in [-0.05, 0) is 24.3 Å². The third-order valence-electron chi connectivity index (χ3n) is 2.32. The van der Waals surface area contributed by atoms with Crippen molar-refractivity contribution in [3.05, 3.63) is 60.7 Å². The lowest BCUT2D eigenvalue weighted by Gasteiger charge is -2.19. The zero-order chi connectivity index (χ0) is 12.6. The third kappa shape index (κ3) is 3.74. The molecule has 0 aliphatic heterocycles. The van der Waals surface area contributed by atoms with Gasteiger partial charge in [-0.15, -0.1) is 0 Å². The molecule has 0 spiro atoms. The molecule has 94 valence electrons. The molecule has 0 heterocycles. The van der Waals surface area contributed by atoms with Crippen molar-refractivity contribution < 1.29 is 4.84 Å². The molecule has 2 rings (SSSR count). The minimum absolute atomic E-state index is 0.310. The quantitative estimate of drug-likeness (QED) is 0.313. The topological polar surface area (TPSA) is 62.5 Å². The van der Waals surface area contributed by atoms with E-state index in [1.807, 2.05) is 60.7 Å². The Kier molecular flexibility index (Phi) is 4.54. The number of anilines is 2. The number of nitrogens with two attached hydrogens (primary N) is 1. The molecule has 2 aromatic rings. The van der Waals surface area contributed by atoms with Crippen molar-refractivity contribution in [1.82, 2.24) is 5.59 Å². The molecule has 0 unspecified atom stereocenters. The first-order valence-electron chi connectivity index (χ1n) is 5.62. The minimum atomic E-state index is 0.310. The Morgan fingerprint density at radius 3 is 2.22 bits per heavy atom. The molecule has 0 saturated heterocycles. The fraction of sp³-hybridized carbons (Fsp3) is 0.0769. The molecule has 0 atom stereocenters. The van der Waals surface area contributed by atoms with Crippen LogP contribution in [-0.4, -0.2) is 6.73 Å². The maximum Gasteiger partial charge on any atom is 0.140 e. The average molecular weight is 244 g/mol. The zero-order valence-electron chi connectivity index (χ0n) is 9.91. The van der Waals surface area contributed by atoms with Crippen LogP contribution in [0, 0.1) is 0 Å². The van der Waals surface area contributed by atoms with Gasteiger partial charge in [-0.2, -0.15) is 0 Å². The minimum Gasteiger partial charge on any atom is -0.361 e. The molecule has 0 fully saturated rings. The van der Waals surface area contributed by atoms with E-state index in [1.165, 1.54) is 5.12 Å². The first-order valence-corrected chi connectivity index (χ1v) is 5.62. The number of benzene rings is 2. The van der Waals surface area contributed by atoms with Crippen molar-refractivity contribution in [2.24, 2.45) is 5.84 Å². The Balaban J connectivity index is 1.70. The highest BCUT2D eigenvalue weighted by molar-refractivity contribution is 5.43. The van der Waals surface area contributed by atoms with Crippen molar-refractivity contribution in [3.8, 4) is 0 Å². The second-order valence-corrected chi connectivity index (χ2v) is 3.63. The molecule has 4 N–H and O–H groups in total. The SMILES string of the molecule is NN(NOCNc1ccccc1)c1ccccc1. The fourth-order valence-corrected chi connectivity index (χ4v) is 1.42. The van der Waals surface area contributed by atoms with Crippen LogP contribution in [0.1, 0.15) is 0 Å². The number of hydrogen-bond acceptors (Lipinski definition) is 5. The van der Waals surface area contributed by atoms with Crippen molar-refractivity contribution in [1.29, 1.82) is 0 Å². The molecule has 0 amide bonds. The van der Waals surface area contributed by atoms with Crippen LogP contribution in [0.3, 0.4) is 0 Å². The van der Waals surface area contributed by atoms with Crippen LogP contribution < -0.4 is 21.9 Å². The van der Waals surface area contributed by atoms with Gasteiger partial charge in [0.25, 0.3) is 0 Å². The summed E-state index contributed by atoms with van der Waals surface area (Å²) in [5.74, 6) is 5.74. The summed E-state index contributed by atoms with van der Waals surface area (Å²) in [7, 11) is 0. The maximum absolute atomic E-state index is 5.74. The zero-order valence-corrected chi connectivity index (χ0v) is 9.91. The van der Waals surface area contributed by atoms with Gasteiger partial charge < -0.3 is 5.32 Å². The molecule has 5 heteroatoms. The second kappa shape index (κ2) is 6.61. The summed E-state index contributed by atoms with van der Waals surface area (Å²) in [6.07, 6.45) is 0. The summed E-state index contributed by atoms with van der Waals surface area (Å²) in [5, 5.41) is 4.40. The maximum atomic E-state index is 5.74. The number of para-hydroxylation sites is 2. The molecule has 0 saturated carbocycles. The molecule has 2 aromatic carbocycles. The van der Waals surface area contributed by atoms with Crippen molar-refractivity contribution >= 4 is 11.4 Å². The van der Waals surface area contributed by atoms with Crippen molar-refractivity contribution in [2.75, 3.05) is 17.2 Å². The lowest BCUT2D eigenvalue weighted by molar-refractivity contribution is 0.0465. The van der Waals surface area contributed by atoms with Gasteiger partial charge >= 0.3 is 0 Å². The van der Waals surface area contributed by atoms with Gasteiger partial charge in [-0.1, -0.05) is 42.0 Å². The van der Waals surface area contributed by atoms with Crippen LogP contribution in [-0.2, 0) is 4.84 Å². The molecule has 0 aromatic heterocycles. The molecule has 0 aliphatic carbocycles. The monoisotopic (exact) mass is 244 g/mol. The Hall–Kier alpha value is -2.08. The molecular formula is C13H16N4O. The Labute approximate surface area is 106 Å². The van der Waals surface area contributed by atoms with E-state index < -0.39 is 0 Å². The number of nitrogens with one attached hydrogen (secondary N) is 2. The van der Waals surface area contributed by atoms with Crippen LogP contribution in [0.5, 0.6) is 0 Å². The van der Waals surface area contributed by atoms with E-state index in [9.17, 15) is 0 Å². The molecule has 18 heavy (non-hydrogen) atoms. The van der Waals surface area contributed by atoms with Gasteiger partial charge in [-0.25, -0.2) is 11.0 Å². The molecular weight excluding hydrogens is 228 g/mol. The van der Waals surface area contributed by atoms with Crippen LogP contribution in [0.25, 0.3) is 0 Å². The Morgan fingerprint density at radius 2 is 1.56 bits per heavy atom. The summed E-state index contributed by atoms with van der Waals surface area (Å²) in [6.45, 7) is 0.310. The predicted octanol–water partition coefficient (Wildman–Crippen LogP) is 1.87. The van der Waals surface area contributed by atoms with Gasteiger partial charge in [0.1, 0.15) is 6.73 Å². The number of nitrogens with zero attached hydrogens (tertiary/aromatic N) is 1. The smallest absolute Gasteiger partial charge is 0.140 e. The summed E-state index contributed by atoms with van der Waals surface area (Å²) in [6, 6.07) is 19.3. The van der Waals surface area contributed by atoms with E-state index in [2.05, 4.69) is 10.9 Å². The third-order valence-corrected chi connectivity index (χ3v) is 2.32. The highest BCUT2D eigenvalue weighted by Gasteiger charge is 1.98. The summed E-state index contributed by atoms with van der Waals surface area (Å²) in [4.78, 5) is 5.19. The number of rotatable bonds is 6. The molecule has 0 bridgehead atoms. The average Bonchev–Trinajstić information content (AvgIpc) is 2.45. The van der Waals surface area contributed by atoms with Crippen LogP contribution in [0.15, 0.2) is 60.7 Å². The van der Waals surface area contributed by atoms with Crippen LogP contribution in [0.4, 0.5) is 11.4 Å². The first kappa shape index (κ1) is 12.4. The predicted molar refractivity (Wildman–Crippen MR) is 72.3 cm³/mol. The van der Waals surface area contributed by atoms with Gasteiger partial charge in [0.05, 0.1) is 5.69 Å². The van der Waals surface area contributed by atoms with E-state index in [1.54, 1.807) is 0 Å². The Morgan fingerprint density at radius 1 is 0.944 bits per heavy atom. The molecule has 0 radical (unpaired) electrons. The van der Waals surface area contributed by atoms with Gasteiger partial charge in [-0.3, -0.25) is 4.84 Å². The number of hydrogen-bond donors (Lipinski definition) is 3. The number of hydrazine groups is 2. The van der Waals surface area contributed by atoms with E-state index in [-0.39, 0.29) is 0 Å². The lowest BCUT2D eigenvalue weighted by atomic mass is 10.3. The van der Waals surface area contributed by atoms with E-state index in [0.29, 0.717) is 6.73 Å². The summed E-state index contributed by atoms with van der Waals surface area (Å²) < 4.78 is 0. The van der Waals surface area contributed by atoms with Crippen molar-refractivity contribution in [3.63, 3.8) is 0 Å². The van der Waals surface area contributed by atoms with Gasteiger partial charge in [0, 0.05) is 5.69 Å². The highest BCUT2D eigenvalue weighted by atomic mass is 16.7. The lowest BCUT2D eigenvalue weighted by Crippen LogP contribution is -2.44. The second-order valence-electron chi connectivity index (χ2n) is 3.63. The van der Waals surface area contributed by atoms with E-state index >= 15 is 0 Å². The normalized spacial score (nSPS) is 10.1. The summed E-state index contributed by atoms with van der Waals surface area (Å²) in [5.41, 5.74) is 4.42. The standard InChI is InChI=1S/C13H16N4O/c14-17(13-9-5-2-6-10-13)16-18-11-15-12-7-3-1-4-8-12/h1-10,15-16H,11,14H2. The molecule has 0 aliphatic rings. The highest BCUT2D eigenvalue weighted by Crippen LogP contribution is 2.07. The van der Waals surface area contributed by atoms with Gasteiger partial charge in [0.2, 0.25) is 0 Å². The van der Waals surface area contributed by atoms with Gasteiger partial charge in [0.15, 0.2) is 0 Å². The first-order chi connectivity index (χ1) is 8.86. The van der Waals surface area contributed by atoms with Crippen LogP contribution >= 0.6 is 0 Å². The van der Waals surface area contributed by atoms with E-state index in [0.717, 1.165) is 11.4 Å². The van der Waals surface area contributed by atoms with Crippen molar-refractivity contribution in [2.45, 2.75) is 0 Å². The molecule has 5 nitrogen and oxygen atoms in total.